The van der Waals surface area contributed by atoms with Gasteiger partial charge in [0.1, 0.15) is 0 Å². The van der Waals surface area contributed by atoms with E-state index in [2.05, 4.69) is 42.2 Å². The van der Waals surface area contributed by atoms with Crippen molar-refractivity contribution in [1.82, 2.24) is 9.80 Å². The van der Waals surface area contributed by atoms with Gasteiger partial charge in [0.25, 0.3) is 0 Å². The molecule has 124 valence electrons. The second-order valence-corrected chi connectivity index (χ2v) is 7.97. The fraction of sp³-hybridized carbons (Fsp3) is 0.526. The van der Waals surface area contributed by atoms with Crippen molar-refractivity contribution in [2.24, 2.45) is 5.92 Å². The van der Waals surface area contributed by atoms with E-state index in [0.717, 1.165) is 25.6 Å². The van der Waals surface area contributed by atoms with Crippen LogP contribution in [-0.4, -0.2) is 42.4 Å². The fourth-order valence-corrected chi connectivity index (χ4v) is 4.49. The Morgan fingerprint density at radius 1 is 1.39 bits per heavy atom. The molecule has 2 heterocycles. The van der Waals surface area contributed by atoms with Crippen LogP contribution in [0, 0.1) is 5.92 Å². The summed E-state index contributed by atoms with van der Waals surface area (Å²) in [5, 5.41) is 1.27. The summed E-state index contributed by atoms with van der Waals surface area (Å²) in [4.78, 5) is 18.0. The number of hydrogen-bond acceptors (Lipinski definition) is 3. The number of carbonyl (C=O) groups is 1. The lowest BCUT2D eigenvalue weighted by Gasteiger charge is -2.31. The summed E-state index contributed by atoms with van der Waals surface area (Å²) in [5.74, 6) is 1.02. The Morgan fingerprint density at radius 3 is 3.00 bits per heavy atom. The number of hydrogen-bond donors (Lipinski definition) is 0. The quantitative estimate of drug-likeness (QED) is 0.828. The second kappa shape index (κ2) is 7.45. The molecule has 0 bridgehead atoms. The van der Waals surface area contributed by atoms with Crippen molar-refractivity contribution in [3.63, 3.8) is 0 Å². The van der Waals surface area contributed by atoms with Gasteiger partial charge in [0, 0.05) is 36.1 Å². The molecular weight excluding hydrogens is 304 g/mol. The summed E-state index contributed by atoms with van der Waals surface area (Å²) in [6.07, 6.45) is 3.23. The molecule has 1 atom stereocenters. The van der Waals surface area contributed by atoms with E-state index in [1.807, 2.05) is 11.9 Å². The van der Waals surface area contributed by atoms with E-state index in [1.165, 1.54) is 27.8 Å². The van der Waals surface area contributed by atoms with Gasteiger partial charge in [0.15, 0.2) is 0 Å². The summed E-state index contributed by atoms with van der Waals surface area (Å²) < 4.78 is 1.30. The Hall–Kier alpha value is -1.39. The van der Waals surface area contributed by atoms with Crippen molar-refractivity contribution in [3.8, 4) is 0 Å². The second-order valence-electron chi connectivity index (χ2n) is 6.80. The molecule has 1 aromatic carbocycles. The van der Waals surface area contributed by atoms with Crippen LogP contribution in [0.5, 0.6) is 0 Å². The fourth-order valence-electron chi connectivity index (χ4n) is 3.37. The summed E-state index contributed by atoms with van der Waals surface area (Å²) in [6.45, 7) is 6.22. The minimum atomic E-state index is 0.251. The molecule has 1 unspecified atom stereocenters. The average Bonchev–Trinajstić information content (AvgIpc) is 2.94. The number of fused-ring (bicyclic) bond motifs is 1. The van der Waals surface area contributed by atoms with Gasteiger partial charge < -0.3 is 9.80 Å². The third-order valence-corrected chi connectivity index (χ3v) is 5.78. The number of thiophene rings is 1. The van der Waals surface area contributed by atoms with Gasteiger partial charge in [0.05, 0.1) is 6.54 Å². The lowest BCUT2D eigenvalue weighted by Crippen LogP contribution is -2.37. The van der Waals surface area contributed by atoms with E-state index in [-0.39, 0.29) is 5.91 Å². The van der Waals surface area contributed by atoms with E-state index < -0.39 is 0 Å². The predicted molar refractivity (Wildman–Crippen MR) is 97.8 cm³/mol. The summed E-state index contributed by atoms with van der Waals surface area (Å²) >= 11 is 1.79. The Bertz CT molecular complexity index is 633. The molecule has 2 aromatic rings. The first-order chi connectivity index (χ1) is 11.1. The van der Waals surface area contributed by atoms with E-state index in [4.69, 9.17) is 0 Å². The first-order valence-electron chi connectivity index (χ1n) is 8.55. The largest absolute Gasteiger partial charge is 0.341 e. The monoisotopic (exact) mass is 330 g/mol. The minimum Gasteiger partial charge on any atom is -0.341 e. The van der Waals surface area contributed by atoms with Crippen molar-refractivity contribution in [1.29, 1.82) is 0 Å². The summed E-state index contributed by atoms with van der Waals surface area (Å²) in [7, 11) is 1.92. The van der Waals surface area contributed by atoms with Gasteiger partial charge in [-0.1, -0.05) is 25.1 Å². The maximum Gasteiger partial charge on any atom is 0.223 e. The maximum atomic E-state index is 12.4. The highest BCUT2D eigenvalue weighted by Crippen LogP contribution is 2.26. The van der Waals surface area contributed by atoms with Crippen LogP contribution in [0.1, 0.15) is 31.1 Å². The Labute approximate surface area is 142 Å². The number of carbonyl (C=O) groups excluding carboxylic acids is 1. The molecule has 23 heavy (non-hydrogen) atoms. The molecular formula is C19H26N2OS. The maximum absolute atomic E-state index is 12.4. The van der Waals surface area contributed by atoms with E-state index in [1.54, 1.807) is 11.3 Å². The van der Waals surface area contributed by atoms with Gasteiger partial charge in [0.2, 0.25) is 5.91 Å². The van der Waals surface area contributed by atoms with Crippen molar-refractivity contribution in [2.75, 3.05) is 26.7 Å². The van der Waals surface area contributed by atoms with Crippen molar-refractivity contribution >= 4 is 27.3 Å². The smallest absolute Gasteiger partial charge is 0.223 e. The van der Waals surface area contributed by atoms with E-state index >= 15 is 0 Å². The molecule has 1 aromatic heterocycles. The number of amides is 1. The van der Waals surface area contributed by atoms with Gasteiger partial charge in [-0.25, -0.2) is 0 Å². The van der Waals surface area contributed by atoms with Crippen molar-refractivity contribution in [2.45, 2.75) is 32.7 Å². The number of benzene rings is 1. The molecule has 4 heteroatoms. The molecule has 0 N–H and O–H groups in total. The molecule has 1 amide bonds. The molecule has 0 aliphatic carbocycles. The summed E-state index contributed by atoms with van der Waals surface area (Å²) in [6, 6.07) is 10.6. The van der Waals surface area contributed by atoms with Crippen LogP contribution in [0.15, 0.2) is 30.3 Å². The zero-order chi connectivity index (χ0) is 16.2. The lowest BCUT2D eigenvalue weighted by atomic mass is 10.0. The topological polar surface area (TPSA) is 23.6 Å². The third-order valence-electron chi connectivity index (χ3n) is 4.68. The van der Waals surface area contributed by atoms with Crippen LogP contribution in [0.2, 0.25) is 0 Å². The normalized spacial score (nSPS) is 19.1. The molecule has 0 radical (unpaired) electrons. The third kappa shape index (κ3) is 4.33. The molecule has 0 saturated carbocycles. The molecule has 3 rings (SSSR count). The highest BCUT2D eigenvalue weighted by atomic mass is 32.1. The van der Waals surface area contributed by atoms with Gasteiger partial charge >= 0.3 is 0 Å². The van der Waals surface area contributed by atoms with Gasteiger partial charge in [-0.2, -0.15) is 0 Å². The molecule has 1 aliphatic rings. The minimum absolute atomic E-state index is 0.251. The number of rotatable bonds is 5. The molecule has 1 fully saturated rings. The van der Waals surface area contributed by atoms with Gasteiger partial charge in [-0.15, -0.1) is 11.3 Å². The first kappa shape index (κ1) is 16.5. The standard InChI is InChI=1S/C19H26N2OS/c1-15-6-5-10-21(13-15)11-9-19(22)20(2)14-17-12-16-7-3-4-8-18(16)23-17/h3-4,7-8,12,15H,5-6,9-11,13-14H2,1-2H3. The number of piperidine rings is 1. The van der Waals surface area contributed by atoms with Crippen LogP contribution in [0.25, 0.3) is 10.1 Å². The number of likely N-dealkylation sites (tertiary alicyclic amines) is 1. The van der Waals surface area contributed by atoms with Crippen LogP contribution in [-0.2, 0) is 11.3 Å². The van der Waals surface area contributed by atoms with Crippen LogP contribution in [0.4, 0.5) is 0 Å². The lowest BCUT2D eigenvalue weighted by molar-refractivity contribution is -0.130. The molecule has 1 saturated heterocycles. The Morgan fingerprint density at radius 2 is 2.22 bits per heavy atom. The van der Waals surface area contributed by atoms with Crippen LogP contribution < -0.4 is 0 Å². The van der Waals surface area contributed by atoms with Crippen LogP contribution in [0.3, 0.4) is 0 Å². The van der Waals surface area contributed by atoms with Gasteiger partial charge in [-0.3, -0.25) is 4.79 Å². The van der Waals surface area contributed by atoms with Crippen molar-refractivity contribution in [3.05, 3.63) is 35.2 Å². The summed E-state index contributed by atoms with van der Waals surface area (Å²) in [5.41, 5.74) is 0. The SMILES string of the molecule is CC1CCCN(CCC(=O)N(C)Cc2cc3ccccc3s2)C1. The Kier molecular flexibility index (Phi) is 5.34. The van der Waals surface area contributed by atoms with Crippen LogP contribution >= 0.6 is 11.3 Å². The Balaban J connectivity index is 1.51. The highest BCUT2D eigenvalue weighted by molar-refractivity contribution is 7.19. The first-order valence-corrected chi connectivity index (χ1v) is 9.37. The van der Waals surface area contributed by atoms with E-state index in [9.17, 15) is 4.79 Å². The molecule has 3 nitrogen and oxygen atoms in total. The highest BCUT2D eigenvalue weighted by Gasteiger charge is 2.18. The van der Waals surface area contributed by atoms with Crippen molar-refractivity contribution < 1.29 is 4.79 Å². The zero-order valence-electron chi connectivity index (χ0n) is 14.1. The average molecular weight is 330 g/mol. The number of nitrogens with zero attached hydrogens (tertiary/aromatic N) is 2. The zero-order valence-corrected chi connectivity index (χ0v) is 14.9. The molecule has 0 spiro atoms. The molecule has 1 aliphatic heterocycles. The van der Waals surface area contributed by atoms with Gasteiger partial charge in [-0.05, 0) is 42.8 Å². The predicted octanol–water partition coefficient (Wildman–Crippen LogP) is 3.98. The van der Waals surface area contributed by atoms with E-state index in [0.29, 0.717) is 13.0 Å².